The van der Waals surface area contributed by atoms with E-state index in [9.17, 15) is 0 Å². The largest absolute Gasteiger partial charge is 0.306 e. The topological polar surface area (TPSA) is 34.0 Å². The molecule has 4 rings (SSSR count). The molecule has 2 aromatic heterocycles. The van der Waals surface area contributed by atoms with E-state index in [0.717, 1.165) is 42.9 Å². The fourth-order valence-electron chi connectivity index (χ4n) is 3.52. The molecule has 0 N–H and O–H groups in total. The standard InChI is InChI=1S/C19H22N4/c1-14-5-3-6-15(13-14)18-21-17-7-4-10-20-19(17)23(18)16-8-11-22(2)12-9-16/h3-7,10,13,16H,8-9,11-12H2,1-2H3. The Balaban J connectivity index is 1.88. The van der Waals surface area contributed by atoms with Crippen LogP contribution < -0.4 is 0 Å². The van der Waals surface area contributed by atoms with Crippen LogP contribution in [0.4, 0.5) is 0 Å². The van der Waals surface area contributed by atoms with Gasteiger partial charge in [0.05, 0.1) is 0 Å². The minimum Gasteiger partial charge on any atom is -0.306 e. The molecule has 23 heavy (non-hydrogen) atoms. The second-order valence-corrected chi connectivity index (χ2v) is 6.56. The van der Waals surface area contributed by atoms with Gasteiger partial charge in [-0.05, 0) is 58.1 Å². The number of nitrogens with zero attached hydrogens (tertiary/aromatic N) is 4. The molecular weight excluding hydrogens is 284 g/mol. The number of rotatable bonds is 2. The van der Waals surface area contributed by atoms with Gasteiger partial charge in [-0.3, -0.25) is 0 Å². The van der Waals surface area contributed by atoms with Gasteiger partial charge in [-0.2, -0.15) is 0 Å². The molecule has 1 fully saturated rings. The van der Waals surface area contributed by atoms with E-state index in [-0.39, 0.29) is 0 Å². The molecule has 0 bridgehead atoms. The Labute approximate surface area is 136 Å². The maximum absolute atomic E-state index is 4.91. The van der Waals surface area contributed by atoms with Crippen molar-refractivity contribution in [3.8, 4) is 11.4 Å². The third kappa shape index (κ3) is 2.63. The number of hydrogen-bond acceptors (Lipinski definition) is 3. The number of likely N-dealkylation sites (tertiary alicyclic amines) is 1. The van der Waals surface area contributed by atoms with Gasteiger partial charge >= 0.3 is 0 Å². The maximum Gasteiger partial charge on any atom is 0.160 e. The second-order valence-electron chi connectivity index (χ2n) is 6.56. The van der Waals surface area contributed by atoms with Crippen molar-refractivity contribution in [2.24, 2.45) is 0 Å². The van der Waals surface area contributed by atoms with Crippen LogP contribution in [-0.4, -0.2) is 39.6 Å². The molecule has 0 radical (unpaired) electrons. The zero-order chi connectivity index (χ0) is 15.8. The minimum atomic E-state index is 0.474. The van der Waals surface area contributed by atoms with E-state index in [1.165, 1.54) is 11.1 Å². The summed E-state index contributed by atoms with van der Waals surface area (Å²) in [5.41, 5.74) is 4.45. The molecule has 0 saturated carbocycles. The molecule has 0 amide bonds. The van der Waals surface area contributed by atoms with Crippen molar-refractivity contribution < 1.29 is 0 Å². The van der Waals surface area contributed by atoms with Crippen LogP contribution >= 0.6 is 0 Å². The summed E-state index contributed by atoms with van der Waals surface area (Å²) < 4.78 is 2.37. The van der Waals surface area contributed by atoms with E-state index >= 15 is 0 Å². The van der Waals surface area contributed by atoms with Crippen LogP contribution in [-0.2, 0) is 0 Å². The lowest BCUT2D eigenvalue weighted by Gasteiger charge is -2.30. The summed E-state index contributed by atoms with van der Waals surface area (Å²) in [5, 5.41) is 0. The van der Waals surface area contributed by atoms with Crippen molar-refractivity contribution in [1.29, 1.82) is 0 Å². The summed E-state index contributed by atoms with van der Waals surface area (Å²) >= 11 is 0. The minimum absolute atomic E-state index is 0.474. The zero-order valence-electron chi connectivity index (χ0n) is 13.7. The highest BCUT2D eigenvalue weighted by molar-refractivity contribution is 5.77. The first-order valence-electron chi connectivity index (χ1n) is 8.31. The molecule has 3 heterocycles. The summed E-state index contributed by atoms with van der Waals surface area (Å²) in [6.45, 7) is 4.39. The van der Waals surface area contributed by atoms with Crippen LogP contribution in [0.25, 0.3) is 22.6 Å². The quantitative estimate of drug-likeness (QED) is 0.724. The number of hydrogen-bond donors (Lipinski definition) is 0. The number of piperidine rings is 1. The van der Waals surface area contributed by atoms with E-state index in [2.05, 4.69) is 58.8 Å². The number of aromatic nitrogens is 3. The zero-order valence-corrected chi connectivity index (χ0v) is 13.7. The maximum atomic E-state index is 4.91. The average Bonchev–Trinajstić information content (AvgIpc) is 2.95. The molecule has 4 heteroatoms. The smallest absolute Gasteiger partial charge is 0.160 e. The Morgan fingerprint density at radius 2 is 1.91 bits per heavy atom. The van der Waals surface area contributed by atoms with Crippen LogP contribution in [0.5, 0.6) is 0 Å². The number of aryl methyl sites for hydroxylation is 1. The van der Waals surface area contributed by atoms with E-state index in [1.54, 1.807) is 0 Å². The molecule has 1 aliphatic heterocycles. The number of pyridine rings is 1. The summed E-state index contributed by atoms with van der Waals surface area (Å²) in [7, 11) is 2.20. The molecule has 0 spiro atoms. The van der Waals surface area contributed by atoms with E-state index in [1.807, 2.05) is 12.3 Å². The second kappa shape index (κ2) is 5.78. The van der Waals surface area contributed by atoms with E-state index in [4.69, 9.17) is 4.98 Å². The molecule has 0 atom stereocenters. The van der Waals surface area contributed by atoms with Crippen molar-refractivity contribution in [2.75, 3.05) is 20.1 Å². The van der Waals surface area contributed by atoms with Crippen molar-refractivity contribution in [2.45, 2.75) is 25.8 Å². The average molecular weight is 306 g/mol. The van der Waals surface area contributed by atoms with Crippen LogP contribution in [0.15, 0.2) is 42.6 Å². The van der Waals surface area contributed by atoms with Crippen LogP contribution in [0.1, 0.15) is 24.4 Å². The SMILES string of the molecule is Cc1cccc(-c2nc3cccnc3n2C2CCN(C)CC2)c1. The molecule has 4 nitrogen and oxygen atoms in total. The molecule has 1 aliphatic rings. The highest BCUT2D eigenvalue weighted by Crippen LogP contribution is 2.32. The predicted octanol–water partition coefficient (Wildman–Crippen LogP) is 3.67. The van der Waals surface area contributed by atoms with Crippen molar-refractivity contribution in [1.82, 2.24) is 19.4 Å². The fraction of sp³-hybridized carbons (Fsp3) is 0.368. The summed E-state index contributed by atoms with van der Waals surface area (Å²) in [5.74, 6) is 1.05. The van der Waals surface area contributed by atoms with Crippen molar-refractivity contribution in [3.05, 3.63) is 48.2 Å². The third-order valence-electron chi connectivity index (χ3n) is 4.78. The Hall–Kier alpha value is -2.20. The predicted molar refractivity (Wildman–Crippen MR) is 93.5 cm³/mol. The normalized spacial score (nSPS) is 17.0. The molecule has 1 aromatic carbocycles. The van der Waals surface area contributed by atoms with Gasteiger partial charge in [0.15, 0.2) is 5.65 Å². The lowest BCUT2D eigenvalue weighted by atomic mass is 10.0. The number of benzene rings is 1. The molecular formula is C19H22N4. The summed E-state index contributed by atoms with van der Waals surface area (Å²) in [4.78, 5) is 11.9. The molecule has 3 aromatic rings. The van der Waals surface area contributed by atoms with Crippen LogP contribution in [0.3, 0.4) is 0 Å². The van der Waals surface area contributed by atoms with Gasteiger partial charge in [-0.25, -0.2) is 9.97 Å². The van der Waals surface area contributed by atoms with Crippen LogP contribution in [0, 0.1) is 6.92 Å². The van der Waals surface area contributed by atoms with E-state index in [0.29, 0.717) is 6.04 Å². The summed E-state index contributed by atoms with van der Waals surface area (Å²) in [6, 6.07) is 13.1. The van der Waals surface area contributed by atoms with Gasteiger partial charge in [0, 0.05) is 17.8 Å². The highest BCUT2D eigenvalue weighted by Gasteiger charge is 2.24. The van der Waals surface area contributed by atoms with E-state index < -0.39 is 0 Å². The first-order valence-corrected chi connectivity index (χ1v) is 8.31. The molecule has 0 aliphatic carbocycles. The molecule has 118 valence electrons. The van der Waals surface area contributed by atoms with Crippen molar-refractivity contribution >= 4 is 11.2 Å². The van der Waals surface area contributed by atoms with Crippen molar-refractivity contribution in [3.63, 3.8) is 0 Å². The van der Waals surface area contributed by atoms with Crippen LogP contribution in [0.2, 0.25) is 0 Å². The first-order chi connectivity index (χ1) is 11.2. The lowest BCUT2D eigenvalue weighted by molar-refractivity contribution is 0.224. The van der Waals surface area contributed by atoms with Gasteiger partial charge in [-0.15, -0.1) is 0 Å². The fourth-order valence-corrected chi connectivity index (χ4v) is 3.52. The van der Waals surface area contributed by atoms with Gasteiger partial charge in [0.1, 0.15) is 11.3 Å². The Bertz CT molecular complexity index is 828. The van der Waals surface area contributed by atoms with Gasteiger partial charge in [0.2, 0.25) is 0 Å². The summed E-state index contributed by atoms with van der Waals surface area (Å²) in [6.07, 6.45) is 4.17. The number of fused-ring (bicyclic) bond motifs is 1. The third-order valence-corrected chi connectivity index (χ3v) is 4.78. The van der Waals surface area contributed by atoms with Gasteiger partial charge < -0.3 is 9.47 Å². The Morgan fingerprint density at radius 1 is 1.09 bits per heavy atom. The number of imidazole rings is 1. The van der Waals surface area contributed by atoms with Gasteiger partial charge in [-0.1, -0.05) is 23.8 Å². The highest BCUT2D eigenvalue weighted by atomic mass is 15.2. The molecule has 0 unspecified atom stereocenters. The van der Waals surface area contributed by atoms with Gasteiger partial charge in [0.25, 0.3) is 0 Å². The monoisotopic (exact) mass is 306 g/mol. The first kappa shape index (κ1) is 14.4. The lowest BCUT2D eigenvalue weighted by Crippen LogP contribution is -2.31. The Morgan fingerprint density at radius 3 is 2.70 bits per heavy atom. The molecule has 1 saturated heterocycles. The Kier molecular flexibility index (Phi) is 3.62.